The van der Waals surface area contributed by atoms with Crippen LogP contribution in [0, 0.1) is 0 Å². The summed E-state index contributed by atoms with van der Waals surface area (Å²) < 4.78 is 5.93. The van der Waals surface area contributed by atoms with Gasteiger partial charge >= 0.3 is 0 Å². The van der Waals surface area contributed by atoms with Gasteiger partial charge in [0.05, 0.1) is 24.4 Å². The van der Waals surface area contributed by atoms with Gasteiger partial charge in [0.15, 0.2) is 0 Å². The summed E-state index contributed by atoms with van der Waals surface area (Å²) in [5.41, 5.74) is 2.26. The molecule has 5 heteroatoms. The van der Waals surface area contributed by atoms with Crippen molar-refractivity contribution in [2.75, 3.05) is 7.11 Å². The highest BCUT2D eigenvalue weighted by Crippen LogP contribution is 2.25. The predicted molar refractivity (Wildman–Crippen MR) is 101 cm³/mol. The zero-order valence-corrected chi connectivity index (χ0v) is 15.2. The number of carbonyl (C=O) groups excluding carboxylic acids is 1. The van der Waals surface area contributed by atoms with E-state index in [1.54, 1.807) is 31.5 Å². The average Bonchev–Trinajstić information content (AvgIpc) is 2.67. The molecule has 0 spiro atoms. The molecule has 1 amide bonds. The molecule has 1 atom stereocenters. The number of hydrogen-bond donors (Lipinski definition) is 1. The molecular formula is C20H17BrN2O2. The lowest BCUT2D eigenvalue weighted by Gasteiger charge is -2.19. The molecule has 2 aromatic carbocycles. The standard InChI is InChI=1S/C20H17BrN2O2/c1-25-15-10-11-17(21)16(13-15)20(24)23-19(14-7-3-2-4-8-14)18-9-5-6-12-22-18/h2-13,19H,1H3,(H,23,24). The number of benzene rings is 2. The maximum absolute atomic E-state index is 12.9. The van der Waals surface area contributed by atoms with Crippen molar-refractivity contribution in [1.82, 2.24) is 10.3 Å². The SMILES string of the molecule is COc1ccc(Br)c(C(=O)NC(c2ccccc2)c2ccccn2)c1. The van der Waals surface area contributed by atoms with Crippen molar-refractivity contribution in [2.45, 2.75) is 6.04 Å². The summed E-state index contributed by atoms with van der Waals surface area (Å²) in [6.07, 6.45) is 1.72. The van der Waals surface area contributed by atoms with Gasteiger partial charge < -0.3 is 10.1 Å². The molecule has 0 saturated carbocycles. The van der Waals surface area contributed by atoms with Crippen LogP contribution in [0.5, 0.6) is 5.75 Å². The number of hydrogen-bond acceptors (Lipinski definition) is 3. The van der Waals surface area contributed by atoms with E-state index in [0.717, 1.165) is 11.3 Å². The minimum atomic E-state index is -0.340. The lowest BCUT2D eigenvalue weighted by Crippen LogP contribution is -2.30. The molecule has 1 N–H and O–H groups in total. The van der Waals surface area contributed by atoms with Gasteiger partial charge in [-0.2, -0.15) is 0 Å². The molecular weight excluding hydrogens is 380 g/mol. The number of ether oxygens (including phenoxy) is 1. The lowest BCUT2D eigenvalue weighted by atomic mass is 10.0. The van der Waals surface area contributed by atoms with E-state index < -0.39 is 0 Å². The Kier molecular flexibility index (Phi) is 5.46. The summed E-state index contributed by atoms with van der Waals surface area (Å²) in [6, 6.07) is 20.4. The van der Waals surface area contributed by atoms with Crippen molar-refractivity contribution in [3.63, 3.8) is 0 Å². The Labute approximate surface area is 155 Å². The fraction of sp³-hybridized carbons (Fsp3) is 0.100. The van der Waals surface area contributed by atoms with Gasteiger partial charge in [-0.3, -0.25) is 9.78 Å². The van der Waals surface area contributed by atoms with Gasteiger partial charge in [-0.1, -0.05) is 36.4 Å². The molecule has 0 radical (unpaired) electrons. The van der Waals surface area contributed by atoms with Gasteiger partial charge in [0, 0.05) is 10.7 Å². The summed E-state index contributed by atoms with van der Waals surface area (Å²) in [7, 11) is 1.57. The van der Waals surface area contributed by atoms with Crippen molar-refractivity contribution >= 4 is 21.8 Å². The van der Waals surface area contributed by atoms with Gasteiger partial charge in [0.25, 0.3) is 5.91 Å². The Bertz CT molecular complexity index is 815. The first-order chi connectivity index (χ1) is 12.2. The van der Waals surface area contributed by atoms with Crippen LogP contribution in [-0.4, -0.2) is 18.0 Å². The smallest absolute Gasteiger partial charge is 0.253 e. The second kappa shape index (κ2) is 7.94. The van der Waals surface area contributed by atoms with Crippen molar-refractivity contribution < 1.29 is 9.53 Å². The van der Waals surface area contributed by atoms with E-state index in [9.17, 15) is 4.79 Å². The zero-order valence-electron chi connectivity index (χ0n) is 13.6. The molecule has 1 heterocycles. The molecule has 0 aliphatic heterocycles. The molecule has 3 rings (SSSR count). The number of nitrogens with zero attached hydrogens (tertiary/aromatic N) is 1. The quantitative estimate of drug-likeness (QED) is 0.696. The Morgan fingerprint density at radius 1 is 1.08 bits per heavy atom. The number of rotatable bonds is 5. The number of nitrogens with one attached hydrogen (secondary N) is 1. The van der Waals surface area contributed by atoms with E-state index in [1.165, 1.54) is 0 Å². The van der Waals surface area contributed by atoms with Crippen LogP contribution in [0.3, 0.4) is 0 Å². The predicted octanol–water partition coefficient (Wildman–Crippen LogP) is 4.37. The fourth-order valence-corrected chi connectivity index (χ4v) is 2.96. The second-order valence-corrected chi connectivity index (χ2v) is 6.27. The fourth-order valence-electron chi connectivity index (χ4n) is 2.53. The highest BCUT2D eigenvalue weighted by Gasteiger charge is 2.20. The molecule has 126 valence electrons. The highest BCUT2D eigenvalue weighted by atomic mass is 79.9. The summed E-state index contributed by atoms with van der Waals surface area (Å²) in [6.45, 7) is 0. The number of amides is 1. The highest BCUT2D eigenvalue weighted by molar-refractivity contribution is 9.10. The molecule has 0 saturated heterocycles. The third-order valence-electron chi connectivity index (χ3n) is 3.81. The number of carbonyl (C=O) groups is 1. The van der Waals surface area contributed by atoms with E-state index in [0.29, 0.717) is 15.8 Å². The third kappa shape index (κ3) is 4.06. The minimum Gasteiger partial charge on any atom is -0.497 e. The molecule has 1 unspecified atom stereocenters. The van der Waals surface area contributed by atoms with Crippen LogP contribution in [0.2, 0.25) is 0 Å². The largest absolute Gasteiger partial charge is 0.497 e. The second-order valence-electron chi connectivity index (χ2n) is 5.42. The van der Waals surface area contributed by atoms with E-state index in [2.05, 4.69) is 26.2 Å². The monoisotopic (exact) mass is 396 g/mol. The summed E-state index contributed by atoms with van der Waals surface area (Å²) in [5, 5.41) is 3.07. The van der Waals surface area contributed by atoms with Crippen LogP contribution in [-0.2, 0) is 0 Å². The van der Waals surface area contributed by atoms with E-state index in [1.807, 2.05) is 48.5 Å². The maximum Gasteiger partial charge on any atom is 0.253 e. The lowest BCUT2D eigenvalue weighted by molar-refractivity contribution is 0.0941. The van der Waals surface area contributed by atoms with Crippen LogP contribution in [0.1, 0.15) is 27.7 Å². The Hall–Kier alpha value is -2.66. The number of aromatic nitrogens is 1. The number of pyridine rings is 1. The molecule has 0 aliphatic carbocycles. The Morgan fingerprint density at radius 2 is 1.84 bits per heavy atom. The first-order valence-corrected chi connectivity index (χ1v) is 8.58. The molecule has 1 aromatic heterocycles. The van der Waals surface area contributed by atoms with Crippen molar-refractivity contribution in [3.8, 4) is 5.75 Å². The Morgan fingerprint density at radius 3 is 2.52 bits per heavy atom. The van der Waals surface area contributed by atoms with E-state index in [-0.39, 0.29) is 11.9 Å². The van der Waals surface area contributed by atoms with Gasteiger partial charge in [-0.25, -0.2) is 0 Å². The molecule has 25 heavy (non-hydrogen) atoms. The molecule has 0 bridgehead atoms. The molecule has 0 fully saturated rings. The number of halogens is 1. The van der Waals surface area contributed by atoms with Gasteiger partial charge in [0.1, 0.15) is 5.75 Å². The molecule has 3 aromatic rings. The van der Waals surface area contributed by atoms with E-state index in [4.69, 9.17) is 4.74 Å². The van der Waals surface area contributed by atoms with Crippen LogP contribution in [0.15, 0.2) is 77.4 Å². The van der Waals surface area contributed by atoms with E-state index >= 15 is 0 Å². The minimum absolute atomic E-state index is 0.203. The first kappa shape index (κ1) is 17.2. The topological polar surface area (TPSA) is 51.2 Å². The van der Waals surface area contributed by atoms with Crippen molar-refractivity contribution in [2.24, 2.45) is 0 Å². The zero-order chi connectivity index (χ0) is 17.6. The van der Waals surface area contributed by atoms with Gasteiger partial charge in [-0.15, -0.1) is 0 Å². The van der Waals surface area contributed by atoms with Crippen LogP contribution >= 0.6 is 15.9 Å². The average molecular weight is 397 g/mol. The summed E-state index contributed by atoms with van der Waals surface area (Å²) in [5.74, 6) is 0.424. The third-order valence-corrected chi connectivity index (χ3v) is 4.50. The van der Waals surface area contributed by atoms with Crippen molar-refractivity contribution in [1.29, 1.82) is 0 Å². The molecule has 0 aliphatic rings. The molecule has 4 nitrogen and oxygen atoms in total. The summed E-state index contributed by atoms with van der Waals surface area (Å²) >= 11 is 3.43. The first-order valence-electron chi connectivity index (χ1n) is 7.79. The van der Waals surface area contributed by atoms with Gasteiger partial charge in [-0.05, 0) is 51.8 Å². The number of methoxy groups -OCH3 is 1. The van der Waals surface area contributed by atoms with Crippen LogP contribution in [0.25, 0.3) is 0 Å². The normalized spacial score (nSPS) is 11.6. The maximum atomic E-state index is 12.9. The summed E-state index contributed by atoms with van der Waals surface area (Å²) in [4.78, 5) is 17.3. The Balaban J connectivity index is 1.95. The van der Waals surface area contributed by atoms with Crippen LogP contribution < -0.4 is 10.1 Å². The van der Waals surface area contributed by atoms with Gasteiger partial charge in [0.2, 0.25) is 0 Å². The van der Waals surface area contributed by atoms with Crippen molar-refractivity contribution in [3.05, 3.63) is 94.2 Å². The van der Waals surface area contributed by atoms with Crippen LogP contribution in [0.4, 0.5) is 0 Å².